The molecule has 1 unspecified atom stereocenters. The SMILES string of the molecule is CC1(C)c2cc(C(Cc3ccc4oc5ccccc5c4c3)c3cccc(-c4ccccc4)c3)ccc2-c2ccc(N3c4ccc5ccccc5c4-c4cccc5cccc3c45)cc21. The first-order valence-corrected chi connectivity index (χ1v) is 22.2. The van der Waals surface area contributed by atoms with Crippen molar-refractivity contribution in [1.82, 2.24) is 0 Å². The summed E-state index contributed by atoms with van der Waals surface area (Å²) in [6.45, 7) is 4.84. The number of para-hydroxylation sites is 1. The molecule has 10 aromatic carbocycles. The summed E-state index contributed by atoms with van der Waals surface area (Å²) < 4.78 is 6.26. The first-order valence-electron chi connectivity index (χ1n) is 22.2. The molecule has 63 heavy (non-hydrogen) atoms. The molecule has 0 fully saturated rings. The Hall–Kier alpha value is -7.68. The molecule has 1 atom stereocenters. The van der Waals surface area contributed by atoms with Crippen LogP contribution in [0.4, 0.5) is 17.1 Å². The van der Waals surface area contributed by atoms with E-state index in [4.69, 9.17) is 4.42 Å². The van der Waals surface area contributed by atoms with Gasteiger partial charge in [-0.3, -0.25) is 0 Å². The molecule has 0 amide bonds. The summed E-state index contributed by atoms with van der Waals surface area (Å²) in [5.74, 6) is 0.130. The third kappa shape index (κ3) is 5.51. The largest absolute Gasteiger partial charge is 0.456 e. The van der Waals surface area contributed by atoms with Gasteiger partial charge in [-0.2, -0.15) is 0 Å². The van der Waals surface area contributed by atoms with Crippen molar-refractivity contribution in [2.24, 2.45) is 0 Å². The molecule has 0 radical (unpaired) electrons. The fourth-order valence-electron chi connectivity index (χ4n) is 11.1. The van der Waals surface area contributed by atoms with Gasteiger partial charge in [0.1, 0.15) is 11.2 Å². The van der Waals surface area contributed by atoms with Crippen molar-refractivity contribution < 1.29 is 4.42 Å². The summed E-state index contributed by atoms with van der Waals surface area (Å²) in [5.41, 5.74) is 19.7. The van der Waals surface area contributed by atoms with E-state index in [0.717, 1.165) is 23.0 Å². The highest BCUT2D eigenvalue weighted by Gasteiger charge is 2.38. The molecule has 2 nitrogen and oxygen atoms in total. The molecule has 0 bridgehead atoms. The van der Waals surface area contributed by atoms with Crippen LogP contribution < -0.4 is 4.90 Å². The summed E-state index contributed by atoms with van der Waals surface area (Å²) in [6, 6.07) is 76.6. The highest BCUT2D eigenvalue weighted by atomic mass is 16.3. The Kier molecular flexibility index (Phi) is 7.81. The van der Waals surface area contributed by atoms with Crippen LogP contribution >= 0.6 is 0 Å². The predicted molar refractivity (Wildman–Crippen MR) is 264 cm³/mol. The molecular weight excluding hydrogens is 763 g/mol. The van der Waals surface area contributed by atoms with E-state index in [-0.39, 0.29) is 11.3 Å². The Bertz CT molecular complexity index is 3640. The van der Waals surface area contributed by atoms with Gasteiger partial charge in [-0.15, -0.1) is 0 Å². The summed E-state index contributed by atoms with van der Waals surface area (Å²) >= 11 is 0. The van der Waals surface area contributed by atoms with Crippen molar-refractivity contribution >= 4 is 60.5 Å². The monoisotopic (exact) mass is 805 g/mol. The van der Waals surface area contributed by atoms with E-state index in [1.54, 1.807) is 0 Å². The minimum Gasteiger partial charge on any atom is -0.456 e. The number of hydrogen-bond acceptors (Lipinski definition) is 2. The molecule has 0 saturated carbocycles. The van der Waals surface area contributed by atoms with Crippen LogP contribution in [0.5, 0.6) is 0 Å². The van der Waals surface area contributed by atoms with E-state index in [1.165, 1.54) is 105 Å². The van der Waals surface area contributed by atoms with Gasteiger partial charge < -0.3 is 9.32 Å². The molecular formula is C61H43NO. The maximum atomic E-state index is 6.26. The number of anilines is 3. The molecule has 11 aromatic rings. The maximum Gasteiger partial charge on any atom is 0.135 e. The van der Waals surface area contributed by atoms with Gasteiger partial charge in [0.05, 0.1) is 11.4 Å². The van der Waals surface area contributed by atoms with Crippen LogP contribution in [0.2, 0.25) is 0 Å². The second kappa shape index (κ2) is 13.7. The Morgan fingerprint density at radius 3 is 2.05 bits per heavy atom. The lowest BCUT2D eigenvalue weighted by molar-refractivity contribution is 0.657. The zero-order chi connectivity index (χ0) is 41.8. The number of rotatable bonds is 6. The smallest absolute Gasteiger partial charge is 0.135 e. The lowest BCUT2D eigenvalue weighted by Gasteiger charge is -2.35. The molecule has 1 aromatic heterocycles. The van der Waals surface area contributed by atoms with Crippen LogP contribution in [0, 0.1) is 0 Å². The van der Waals surface area contributed by atoms with Crippen molar-refractivity contribution in [2.45, 2.75) is 31.6 Å². The van der Waals surface area contributed by atoms with Gasteiger partial charge in [0.25, 0.3) is 0 Å². The van der Waals surface area contributed by atoms with Gasteiger partial charge >= 0.3 is 0 Å². The molecule has 0 N–H and O–H groups in total. The quantitative estimate of drug-likeness (QED) is 0.166. The zero-order valence-corrected chi connectivity index (χ0v) is 35.3. The Morgan fingerprint density at radius 2 is 1.16 bits per heavy atom. The van der Waals surface area contributed by atoms with Crippen LogP contribution in [-0.4, -0.2) is 0 Å². The van der Waals surface area contributed by atoms with Crippen molar-refractivity contribution in [3.8, 4) is 33.4 Å². The molecule has 298 valence electrons. The summed E-state index contributed by atoms with van der Waals surface area (Å²) in [6.07, 6.45) is 0.861. The lowest BCUT2D eigenvalue weighted by atomic mass is 9.79. The van der Waals surface area contributed by atoms with E-state index >= 15 is 0 Å². The molecule has 1 aliphatic carbocycles. The summed E-state index contributed by atoms with van der Waals surface area (Å²) in [4.78, 5) is 2.51. The van der Waals surface area contributed by atoms with Gasteiger partial charge in [-0.1, -0.05) is 178 Å². The maximum absolute atomic E-state index is 6.26. The van der Waals surface area contributed by atoms with E-state index < -0.39 is 0 Å². The van der Waals surface area contributed by atoms with Crippen LogP contribution in [0.1, 0.15) is 47.6 Å². The molecule has 13 rings (SSSR count). The van der Waals surface area contributed by atoms with E-state index in [9.17, 15) is 0 Å². The second-order valence-corrected chi connectivity index (χ2v) is 18.0. The van der Waals surface area contributed by atoms with Gasteiger partial charge in [0.15, 0.2) is 0 Å². The van der Waals surface area contributed by atoms with Gasteiger partial charge in [0, 0.05) is 38.7 Å². The first-order chi connectivity index (χ1) is 31.0. The average molecular weight is 806 g/mol. The van der Waals surface area contributed by atoms with Crippen molar-refractivity contribution in [3.05, 3.63) is 234 Å². The second-order valence-electron chi connectivity index (χ2n) is 18.0. The minimum absolute atomic E-state index is 0.130. The number of nitrogens with zero attached hydrogens (tertiary/aromatic N) is 1. The Balaban J connectivity index is 0.937. The summed E-state index contributed by atoms with van der Waals surface area (Å²) in [5, 5.41) is 7.44. The van der Waals surface area contributed by atoms with E-state index in [0.29, 0.717) is 0 Å². The highest BCUT2D eigenvalue weighted by Crippen LogP contribution is 2.56. The van der Waals surface area contributed by atoms with Crippen LogP contribution in [0.15, 0.2) is 211 Å². The summed E-state index contributed by atoms with van der Waals surface area (Å²) in [7, 11) is 0. The predicted octanol–water partition coefficient (Wildman–Crippen LogP) is 16.7. The average Bonchev–Trinajstić information content (AvgIpc) is 3.81. The van der Waals surface area contributed by atoms with E-state index in [1.807, 2.05) is 6.07 Å². The van der Waals surface area contributed by atoms with Crippen molar-refractivity contribution in [2.75, 3.05) is 4.90 Å². The molecule has 0 spiro atoms. The highest BCUT2D eigenvalue weighted by molar-refractivity contribution is 6.19. The van der Waals surface area contributed by atoms with Crippen LogP contribution in [0.25, 0.3) is 76.9 Å². The molecule has 2 heterocycles. The lowest BCUT2D eigenvalue weighted by Crippen LogP contribution is -2.18. The fourth-order valence-corrected chi connectivity index (χ4v) is 11.1. The molecule has 2 heteroatoms. The van der Waals surface area contributed by atoms with Gasteiger partial charge in [-0.25, -0.2) is 0 Å². The van der Waals surface area contributed by atoms with Crippen LogP contribution in [-0.2, 0) is 11.8 Å². The standard InChI is InChI=1S/C61H43NO/c1-61(2)53-36-44(51(43-19-10-18-42(35-43)39-13-4-3-5-14-39)33-38-25-32-58-52(34-38)49-21-8-9-24-57(49)63-58)26-29-47(53)48-30-28-45(37-54(48)61)62-55-23-12-17-41-16-11-22-50(59(41)55)60-46-20-7-6-15-40(46)27-31-56(60)62/h3-32,34-37,51H,33H2,1-2H3. The third-order valence-electron chi connectivity index (χ3n) is 14.2. The van der Waals surface area contributed by atoms with Crippen molar-refractivity contribution in [1.29, 1.82) is 0 Å². The molecule has 2 aliphatic rings. The van der Waals surface area contributed by atoms with E-state index in [2.05, 4.69) is 219 Å². The molecule has 0 saturated heterocycles. The zero-order valence-electron chi connectivity index (χ0n) is 35.3. The Morgan fingerprint density at radius 1 is 0.460 bits per heavy atom. The molecule has 1 aliphatic heterocycles. The first kappa shape index (κ1) is 36.0. The van der Waals surface area contributed by atoms with Crippen LogP contribution in [0.3, 0.4) is 0 Å². The van der Waals surface area contributed by atoms with Gasteiger partial charge in [-0.05, 0) is 121 Å². The number of fused-ring (bicyclic) bond motifs is 10. The number of benzene rings is 10. The Labute approximate surface area is 367 Å². The normalized spacial score (nSPS) is 14.0. The topological polar surface area (TPSA) is 16.4 Å². The minimum atomic E-state index is -0.229. The number of furan rings is 1. The van der Waals surface area contributed by atoms with Crippen molar-refractivity contribution in [3.63, 3.8) is 0 Å². The third-order valence-corrected chi connectivity index (χ3v) is 14.2. The van der Waals surface area contributed by atoms with Gasteiger partial charge in [0.2, 0.25) is 0 Å². The fraction of sp³-hybridized carbons (Fsp3) is 0.0820. The number of hydrogen-bond donors (Lipinski definition) is 0.